The van der Waals surface area contributed by atoms with Crippen LogP contribution in [0.4, 0.5) is 0 Å². The lowest BCUT2D eigenvalue weighted by Gasteiger charge is -2.07. The van der Waals surface area contributed by atoms with Crippen molar-refractivity contribution in [1.29, 1.82) is 0 Å². The van der Waals surface area contributed by atoms with Crippen molar-refractivity contribution >= 4 is 11.8 Å². The van der Waals surface area contributed by atoms with Crippen LogP contribution in [0, 0.1) is 0 Å². The van der Waals surface area contributed by atoms with Gasteiger partial charge in [-0.2, -0.15) is 0 Å². The van der Waals surface area contributed by atoms with Crippen molar-refractivity contribution in [3.05, 3.63) is 29.8 Å². The summed E-state index contributed by atoms with van der Waals surface area (Å²) in [6.07, 6.45) is 5.55. The molecule has 1 N–H and O–H groups in total. The van der Waals surface area contributed by atoms with E-state index in [2.05, 4.69) is 24.3 Å². The van der Waals surface area contributed by atoms with Crippen molar-refractivity contribution < 1.29 is 5.11 Å². The molecular formula is C13H16OS. The molecule has 2 aliphatic rings. The van der Waals surface area contributed by atoms with Crippen LogP contribution in [0.5, 0.6) is 0 Å². The van der Waals surface area contributed by atoms with Crippen LogP contribution < -0.4 is 0 Å². The Balaban J connectivity index is 1.64. The highest BCUT2D eigenvalue weighted by molar-refractivity contribution is 8.00. The van der Waals surface area contributed by atoms with Gasteiger partial charge in [0.05, 0.1) is 5.60 Å². The highest BCUT2D eigenvalue weighted by atomic mass is 32.2. The van der Waals surface area contributed by atoms with E-state index in [0.29, 0.717) is 0 Å². The quantitative estimate of drug-likeness (QED) is 0.841. The molecule has 0 bridgehead atoms. The molecule has 2 aliphatic carbocycles. The lowest BCUT2D eigenvalue weighted by Crippen LogP contribution is -2.10. The largest absolute Gasteiger partial charge is 0.390 e. The van der Waals surface area contributed by atoms with Crippen molar-refractivity contribution in [2.75, 3.05) is 0 Å². The Hall–Kier alpha value is -0.470. The summed E-state index contributed by atoms with van der Waals surface area (Å²) in [5.41, 5.74) is 0.917. The van der Waals surface area contributed by atoms with Gasteiger partial charge in [0.15, 0.2) is 0 Å². The van der Waals surface area contributed by atoms with Crippen LogP contribution in [-0.4, -0.2) is 16.0 Å². The van der Waals surface area contributed by atoms with E-state index < -0.39 is 0 Å². The van der Waals surface area contributed by atoms with E-state index in [1.165, 1.54) is 23.3 Å². The zero-order chi connectivity index (χ0) is 10.3. The first-order chi connectivity index (χ1) is 7.23. The summed E-state index contributed by atoms with van der Waals surface area (Å²) < 4.78 is 0. The van der Waals surface area contributed by atoms with Crippen molar-refractivity contribution in [1.82, 2.24) is 0 Å². The molecule has 1 aromatic rings. The summed E-state index contributed by atoms with van der Waals surface area (Å²) in [6.45, 7) is 0. The second-order valence-electron chi connectivity index (χ2n) is 4.86. The van der Waals surface area contributed by atoms with E-state index in [-0.39, 0.29) is 5.60 Å². The Kier molecular flexibility index (Phi) is 2.29. The van der Waals surface area contributed by atoms with E-state index in [1.807, 2.05) is 11.8 Å². The Bertz CT molecular complexity index is 349. The maximum atomic E-state index is 9.80. The molecule has 15 heavy (non-hydrogen) atoms. The molecule has 2 heteroatoms. The number of thioether (sulfide) groups is 1. The second-order valence-corrected chi connectivity index (χ2v) is 6.24. The number of hydrogen-bond acceptors (Lipinski definition) is 2. The minimum absolute atomic E-state index is 0.356. The molecule has 80 valence electrons. The number of benzene rings is 1. The lowest BCUT2D eigenvalue weighted by atomic mass is 10.1. The van der Waals surface area contributed by atoms with Crippen LogP contribution in [0.2, 0.25) is 0 Å². The Labute approximate surface area is 94.9 Å². The second kappa shape index (κ2) is 3.53. The molecule has 0 unspecified atom stereocenters. The standard InChI is InChI=1S/C13H16OS/c14-13(7-8-13)9-10-1-3-11(4-2-10)15-12-5-6-12/h1-4,12,14H,5-9H2. The van der Waals surface area contributed by atoms with Crippen LogP contribution >= 0.6 is 11.8 Å². The zero-order valence-corrected chi connectivity index (χ0v) is 9.59. The average Bonchev–Trinajstić information content (AvgIpc) is 3.10. The van der Waals surface area contributed by atoms with Crippen molar-refractivity contribution in [3.63, 3.8) is 0 Å². The summed E-state index contributed by atoms with van der Waals surface area (Å²) >= 11 is 1.99. The molecule has 0 atom stereocenters. The van der Waals surface area contributed by atoms with Crippen molar-refractivity contribution in [2.45, 2.75) is 47.9 Å². The first kappa shape index (κ1) is 9.73. The van der Waals surface area contributed by atoms with E-state index in [9.17, 15) is 5.11 Å². The van der Waals surface area contributed by atoms with E-state index in [1.54, 1.807) is 0 Å². The monoisotopic (exact) mass is 220 g/mol. The van der Waals surface area contributed by atoms with Crippen LogP contribution in [0.1, 0.15) is 31.2 Å². The molecule has 0 aliphatic heterocycles. The molecule has 1 nitrogen and oxygen atoms in total. The van der Waals surface area contributed by atoms with Crippen LogP contribution in [0.25, 0.3) is 0 Å². The van der Waals surface area contributed by atoms with Crippen LogP contribution in [-0.2, 0) is 6.42 Å². The molecule has 2 saturated carbocycles. The third kappa shape index (κ3) is 2.56. The Morgan fingerprint density at radius 3 is 2.40 bits per heavy atom. The molecule has 0 aromatic heterocycles. The summed E-state index contributed by atoms with van der Waals surface area (Å²) in [4.78, 5) is 1.38. The molecule has 0 radical (unpaired) electrons. The first-order valence-electron chi connectivity index (χ1n) is 5.72. The van der Waals surface area contributed by atoms with E-state index >= 15 is 0 Å². The SMILES string of the molecule is OC1(Cc2ccc(SC3CC3)cc2)CC1. The molecule has 2 fully saturated rings. The van der Waals surface area contributed by atoms with Gasteiger partial charge >= 0.3 is 0 Å². The molecule has 0 heterocycles. The zero-order valence-electron chi connectivity index (χ0n) is 8.78. The van der Waals surface area contributed by atoms with Gasteiger partial charge < -0.3 is 5.11 Å². The molecule has 3 rings (SSSR count). The maximum Gasteiger partial charge on any atom is 0.0690 e. The highest BCUT2D eigenvalue weighted by Crippen LogP contribution is 2.40. The van der Waals surface area contributed by atoms with Gasteiger partial charge in [0.2, 0.25) is 0 Å². The lowest BCUT2D eigenvalue weighted by molar-refractivity contribution is 0.151. The Morgan fingerprint density at radius 2 is 1.87 bits per heavy atom. The minimum Gasteiger partial charge on any atom is -0.390 e. The third-order valence-corrected chi connectivity index (χ3v) is 4.46. The molecule has 0 saturated heterocycles. The van der Waals surface area contributed by atoms with Gasteiger partial charge in [-0.15, -0.1) is 11.8 Å². The topological polar surface area (TPSA) is 20.2 Å². The average molecular weight is 220 g/mol. The predicted octanol–water partition coefficient (Wildman–Crippen LogP) is 3.01. The van der Waals surface area contributed by atoms with Gasteiger partial charge in [-0.05, 0) is 43.4 Å². The van der Waals surface area contributed by atoms with Crippen molar-refractivity contribution in [2.24, 2.45) is 0 Å². The maximum absolute atomic E-state index is 9.80. The van der Waals surface area contributed by atoms with E-state index in [4.69, 9.17) is 0 Å². The molecular weight excluding hydrogens is 204 g/mol. The van der Waals surface area contributed by atoms with Gasteiger partial charge in [0.25, 0.3) is 0 Å². The highest BCUT2D eigenvalue weighted by Gasteiger charge is 2.39. The molecule has 0 amide bonds. The van der Waals surface area contributed by atoms with Crippen LogP contribution in [0.15, 0.2) is 29.2 Å². The van der Waals surface area contributed by atoms with Gasteiger partial charge in [0.1, 0.15) is 0 Å². The smallest absolute Gasteiger partial charge is 0.0690 e. The number of hydrogen-bond donors (Lipinski definition) is 1. The first-order valence-corrected chi connectivity index (χ1v) is 6.60. The predicted molar refractivity (Wildman–Crippen MR) is 63.2 cm³/mol. The fourth-order valence-corrected chi connectivity index (χ4v) is 2.82. The fourth-order valence-electron chi connectivity index (χ4n) is 1.77. The van der Waals surface area contributed by atoms with Gasteiger partial charge in [0, 0.05) is 16.6 Å². The Morgan fingerprint density at radius 1 is 1.20 bits per heavy atom. The molecule has 1 aromatic carbocycles. The summed E-state index contributed by atoms with van der Waals surface area (Å²) in [5, 5.41) is 10.7. The summed E-state index contributed by atoms with van der Waals surface area (Å²) in [6, 6.07) is 8.73. The summed E-state index contributed by atoms with van der Waals surface area (Å²) in [5.74, 6) is 0. The van der Waals surface area contributed by atoms with Crippen LogP contribution in [0.3, 0.4) is 0 Å². The fraction of sp³-hybridized carbons (Fsp3) is 0.538. The normalized spacial score (nSPS) is 22.7. The van der Waals surface area contributed by atoms with E-state index in [0.717, 1.165) is 24.5 Å². The van der Waals surface area contributed by atoms with Gasteiger partial charge in [-0.3, -0.25) is 0 Å². The van der Waals surface area contributed by atoms with Gasteiger partial charge in [-0.25, -0.2) is 0 Å². The summed E-state index contributed by atoms with van der Waals surface area (Å²) in [7, 11) is 0. The number of aliphatic hydroxyl groups is 1. The minimum atomic E-state index is -0.356. The van der Waals surface area contributed by atoms with Gasteiger partial charge in [-0.1, -0.05) is 12.1 Å². The molecule has 0 spiro atoms. The van der Waals surface area contributed by atoms with Crippen molar-refractivity contribution in [3.8, 4) is 0 Å². The number of rotatable bonds is 4. The third-order valence-electron chi connectivity index (χ3n) is 3.11.